The number of sulfonamides is 1. The third kappa shape index (κ3) is 4.81. The lowest BCUT2D eigenvalue weighted by Gasteiger charge is -2.31. The zero-order chi connectivity index (χ0) is 16.2. The first kappa shape index (κ1) is 17.0. The van der Waals surface area contributed by atoms with Crippen molar-refractivity contribution in [1.82, 2.24) is 9.62 Å². The molecule has 1 amide bonds. The van der Waals surface area contributed by atoms with Gasteiger partial charge in [-0.15, -0.1) is 0 Å². The van der Waals surface area contributed by atoms with Crippen molar-refractivity contribution in [2.75, 3.05) is 19.6 Å². The highest BCUT2D eigenvalue weighted by molar-refractivity contribution is 7.88. The summed E-state index contributed by atoms with van der Waals surface area (Å²) in [5, 5.41) is 0. The molecule has 0 bridgehead atoms. The van der Waals surface area contributed by atoms with Crippen LogP contribution in [0.15, 0.2) is 24.3 Å². The lowest BCUT2D eigenvalue weighted by atomic mass is 9.97. The van der Waals surface area contributed by atoms with Crippen molar-refractivity contribution < 1.29 is 13.2 Å². The molecule has 1 aliphatic rings. The van der Waals surface area contributed by atoms with Crippen LogP contribution in [-0.2, 0) is 20.6 Å². The Morgan fingerprint density at radius 3 is 2.50 bits per heavy atom. The second kappa shape index (κ2) is 7.24. The van der Waals surface area contributed by atoms with Gasteiger partial charge in [-0.2, -0.15) is 0 Å². The Morgan fingerprint density at radius 1 is 1.27 bits per heavy atom. The molecule has 1 heterocycles. The van der Waals surface area contributed by atoms with Crippen LogP contribution in [0.1, 0.15) is 30.9 Å². The predicted molar refractivity (Wildman–Crippen MR) is 86.8 cm³/mol. The largest absolute Gasteiger partial charge is 0.343 e. The van der Waals surface area contributed by atoms with Gasteiger partial charge in [0.05, 0.1) is 5.75 Å². The first-order valence-corrected chi connectivity index (χ1v) is 9.30. The van der Waals surface area contributed by atoms with Crippen LogP contribution in [0.4, 0.5) is 0 Å². The maximum absolute atomic E-state index is 12.2. The Hall–Kier alpha value is -1.40. The highest BCUT2D eigenvalue weighted by Crippen LogP contribution is 2.17. The van der Waals surface area contributed by atoms with Gasteiger partial charge in [0.25, 0.3) is 0 Å². The molecule has 0 unspecified atom stereocenters. The zero-order valence-electron chi connectivity index (χ0n) is 13.2. The van der Waals surface area contributed by atoms with E-state index in [1.807, 2.05) is 36.1 Å². The van der Waals surface area contributed by atoms with Gasteiger partial charge in [0.2, 0.25) is 15.9 Å². The molecule has 5 nitrogen and oxygen atoms in total. The summed E-state index contributed by atoms with van der Waals surface area (Å²) in [6, 6.07) is 7.53. The summed E-state index contributed by atoms with van der Waals surface area (Å²) < 4.78 is 27.1. The maximum atomic E-state index is 12.2. The van der Waals surface area contributed by atoms with Crippen LogP contribution >= 0.6 is 0 Å². The highest BCUT2D eigenvalue weighted by atomic mass is 32.2. The van der Waals surface area contributed by atoms with E-state index < -0.39 is 10.0 Å². The van der Waals surface area contributed by atoms with Crippen molar-refractivity contribution in [2.45, 2.75) is 32.4 Å². The quantitative estimate of drug-likeness (QED) is 0.896. The van der Waals surface area contributed by atoms with E-state index in [0.717, 1.165) is 37.1 Å². The third-order valence-electron chi connectivity index (χ3n) is 4.26. The molecule has 0 spiro atoms. The van der Waals surface area contributed by atoms with Gasteiger partial charge in [-0.25, -0.2) is 13.1 Å². The summed E-state index contributed by atoms with van der Waals surface area (Å²) in [5.41, 5.74) is 1.82. The molecule has 1 saturated heterocycles. The Labute approximate surface area is 132 Å². The molecule has 0 aromatic heterocycles. The van der Waals surface area contributed by atoms with Crippen LogP contribution in [0.25, 0.3) is 0 Å². The molecule has 122 valence electrons. The number of nitrogens with one attached hydrogen (secondary N) is 1. The average Bonchev–Trinajstić information content (AvgIpc) is 2.48. The molecule has 6 heteroatoms. The molecular formula is C16H24N2O3S. The minimum absolute atomic E-state index is 0.0198. The lowest BCUT2D eigenvalue weighted by Crippen LogP contribution is -2.40. The molecule has 2 rings (SSSR count). The second-order valence-electron chi connectivity index (χ2n) is 5.98. The van der Waals surface area contributed by atoms with Gasteiger partial charge in [0.15, 0.2) is 0 Å². The number of piperidine rings is 1. The summed E-state index contributed by atoms with van der Waals surface area (Å²) in [7, 11) is -3.32. The molecule has 0 saturated carbocycles. The zero-order valence-corrected chi connectivity index (χ0v) is 14.0. The van der Waals surface area contributed by atoms with Crippen LogP contribution in [0, 0.1) is 12.8 Å². The summed E-state index contributed by atoms with van der Waals surface area (Å²) in [5.74, 6) is 0.423. The summed E-state index contributed by atoms with van der Waals surface area (Å²) in [6.45, 7) is 5.40. The molecule has 1 aromatic carbocycles. The fourth-order valence-electron chi connectivity index (χ4n) is 2.72. The van der Waals surface area contributed by atoms with Gasteiger partial charge >= 0.3 is 0 Å². The molecule has 1 fully saturated rings. The smallest absolute Gasteiger partial charge is 0.219 e. The van der Waals surface area contributed by atoms with Crippen molar-refractivity contribution in [3.05, 3.63) is 35.4 Å². The average molecular weight is 324 g/mol. The van der Waals surface area contributed by atoms with E-state index in [1.165, 1.54) is 0 Å². The lowest BCUT2D eigenvalue weighted by molar-refractivity contribution is -0.130. The van der Waals surface area contributed by atoms with Crippen molar-refractivity contribution in [3.63, 3.8) is 0 Å². The Balaban J connectivity index is 1.84. The summed E-state index contributed by atoms with van der Waals surface area (Å²) in [6.07, 6.45) is 1.71. The molecule has 22 heavy (non-hydrogen) atoms. The van der Waals surface area contributed by atoms with Crippen LogP contribution < -0.4 is 4.72 Å². The van der Waals surface area contributed by atoms with Gasteiger partial charge in [-0.1, -0.05) is 24.3 Å². The van der Waals surface area contributed by atoms with Gasteiger partial charge in [0.1, 0.15) is 0 Å². The van der Waals surface area contributed by atoms with Crippen LogP contribution in [0.5, 0.6) is 0 Å². The van der Waals surface area contributed by atoms with E-state index >= 15 is 0 Å². The van der Waals surface area contributed by atoms with E-state index in [4.69, 9.17) is 0 Å². The molecule has 1 aliphatic heterocycles. The van der Waals surface area contributed by atoms with E-state index in [-0.39, 0.29) is 11.7 Å². The monoisotopic (exact) mass is 324 g/mol. The molecular weight excluding hydrogens is 300 g/mol. The van der Waals surface area contributed by atoms with Crippen molar-refractivity contribution in [1.29, 1.82) is 0 Å². The molecule has 1 aromatic rings. The summed E-state index contributed by atoms with van der Waals surface area (Å²) >= 11 is 0. The number of nitrogens with zero attached hydrogens (tertiary/aromatic N) is 1. The standard InChI is InChI=1S/C16H24N2O3S/c1-13-5-3-4-6-16(13)12-22(20,21)17-11-15-7-9-18(10-8-15)14(2)19/h3-6,15,17H,7-12H2,1-2H3. The van der Waals surface area contributed by atoms with Crippen molar-refractivity contribution in [2.24, 2.45) is 5.92 Å². The summed E-state index contributed by atoms with van der Waals surface area (Å²) in [4.78, 5) is 13.1. The third-order valence-corrected chi connectivity index (χ3v) is 5.56. The second-order valence-corrected chi connectivity index (χ2v) is 7.79. The number of amides is 1. The first-order valence-electron chi connectivity index (χ1n) is 7.65. The number of hydrogen-bond donors (Lipinski definition) is 1. The fraction of sp³-hybridized carbons (Fsp3) is 0.562. The normalized spacial score (nSPS) is 16.7. The number of likely N-dealkylation sites (tertiary alicyclic amines) is 1. The van der Waals surface area contributed by atoms with Crippen molar-refractivity contribution in [3.8, 4) is 0 Å². The number of carbonyl (C=O) groups excluding carboxylic acids is 1. The van der Waals surface area contributed by atoms with Crippen molar-refractivity contribution >= 4 is 15.9 Å². The molecule has 0 aliphatic carbocycles. The van der Waals surface area contributed by atoms with Crippen LogP contribution in [0.2, 0.25) is 0 Å². The topological polar surface area (TPSA) is 66.5 Å². The van der Waals surface area contributed by atoms with Gasteiger partial charge in [-0.05, 0) is 36.8 Å². The van der Waals surface area contributed by atoms with E-state index in [2.05, 4.69) is 4.72 Å². The first-order chi connectivity index (χ1) is 10.4. The number of aryl methyl sites for hydroxylation is 1. The Morgan fingerprint density at radius 2 is 1.91 bits per heavy atom. The van der Waals surface area contributed by atoms with Crippen LogP contribution in [-0.4, -0.2) is 38.9 Å². The Kier molecular flexibility index (Phi) is 5.58. The van der Waals surface area contributed by atoms with Crippen LogP contribution in [0.3, 0.4) is 0 Å². The van der Waals surface area contributed by atoms with E-state index in [0.29, 0.717) is 12.5 Å². The number of carbonyl (C=O) groups is 1. The van der Waals surface area contributed by atoms with E-state index in [1.54, 1.807) is 6.92 Å². The number of hydrogen-bond acceptors (Lipinski definition) is 3. The number of rotatable bonds is 5. The minimum Gasteiger partial charge on any atom is -0.343 e. The molecule has 1 N–H and O–H groups in total. The molecule has 0 radical (unpaired) electrons. The van der Waals surface area contributed by atoms with Gasteiger partial charge in [-0.3, -0.25) is 4.79 Å². The highest BCUT2D eigenvalue weighted by Gasteiger charge is 2.22. The SMILES string of the molecule is CC(=O)N1CCC(CNS(=O)(=O)Cc2ccccc2C)CC1. The van der Waals surface area contributed by atoms with E-state index in [9.17, 15) is 13.2 Å². The predicted octanol–water partition coefficient (Wildman–Crippen LogP) is 1.67. The Bertz CT molecular complexity index is 620. The maximum Gasteiger partial charge on any atom is 0.219 e. The van der Waals surface area contributed by atoms with Gasteiger partial charge < -0.3 is 4.90 Å². The number of benzene rings is 1. The molecule has 0 atom stereocenters. The fourth-order valence-corrected chi connectivity index (χ4v) is 4.05. The minimum atomic E-state index is -3.32. The van der Waals surface area contributed by atoms with Gasteiger partial charge in [0, 0.05) is 26.6 Å².